The average Bonchev–Trinajstić information content (AvgIpc) is 3.02. The first kappa shape index (κ1) is 15.6. The van der Waals surface area contributed by atoms with Gasteiger partial charge in [-0.15, -0.1) is 11.3 Å². The summed E-state index contributed by atoms with van der Waals surface area (Å²) in [7, 11) is 0. The van der Waals surface area contributed by atoms with Gasteiger partial charge in [-0.25, -0.2) is 15.0 Å². The number of nitrogens with zero attached hydrogens (tertiary/aromatic N) is 4. The first-order valence-corrected chi connectivity index (χ1v) is 8.50. The van der Waals surface area contributed by atoms with Gasteiger partial charge in [0, 0.05) is 40.8 Å². The summed E-state index contributed by atoms with van der Waals surface area (Å²) in [6.45, 7) is 6.20. The van der Waals surface area contributed by atoms with E-state index in [4.69, 9.17) is 0 Å². The van der Waals surface area contributed by atoms with Crippen LogP contribution < -0.4 is 5.32 Å². The molecule has 118 valence electrons. The Morgan fingerprint density at radius 2 is 1.96 bits per heavy atom. The molecule has 3 heterocycles. The average molecular weight is 325 g/mol. The smallest absolute Gasteiger partial charge is 0.161 e. The largest absolute Gasteiger partial charge is 0.361 e. The fourth-order valence-corrected chi connectivity index (χ4v) is 3.04. The van der Waals surface area contributed by atoms with Crippen molar-refractivity contribution in [1.29, 1.82) is 0 Å². The van der Waals surface area contributed by atoms with Crippen molar-refractivity contribution in [2.45, 2.75) is 33.2 Å². The fraction of sp³-hybridized carbons (Fsp3) is 0.294. The molecule has 0 aromatic carbocycles. The van der Waals surface area contributed by atoms with Crippen LogP contribution in [0.1, 0.15) is 36.3 Å². The molecule has 6 heteroatoms. The molecule has 3 aromatic rings. The van der Waals surface area contributed by atoms with Crippen LogP contribution in [0.15, 0.2) is 36.0 Å². The Morgan fingerprint density at radius 3 is 2.61 bits per heavy atom. The molecule has 0 bridgehead atoms. The molecule has 1 atom stereocenters. The van der Waals surface area contributed by atoms with E-state index in [2.05, 4.69) is 44.5 Å². The minimum absolute atomic E-state index is 0.110. The van der Waals surface area contributed by atoms with E-state index in [0.717, 1.165) is 40.0 Å². The number of nitrogens with one attached hydrogen (secondary N) is 1. The van der Waals surface area contributed by atoms with Gasteiger partial charge in [0.2, 0.25) is 0 Å². The number of aryl methyl sites for hydroxylation is 2. The quantitative estimate of drug-likeness (QED) is 0.767. The van der Waals surface area contributed by atoms with Crippen LogP contribution in [0, 0.1) is 6.92 Å². The zero-order valence-electron chi connectivity index (χ0n) is 13.4. The Hall–Kier alpha value is -2.34. The highest BCUT2D eigenvalue weighted by atomic mass is 32.1. The van der Waals surface area contributed by atoms with Crippen molar-refractivity contribution in [1.82, 2.24) is 19.9 Å². The van der Waals surface area contributed by atoms with Crippen LogP contribution in [-0.4, -0.2) is 19.9 Å². The van der Waals surface area contributed by atoms with Crippen molar-refractivity contribution in [2.75, 3.05) is 5.32 Å². The predicted molar refractivity (Wildman–Crippen MR) is 93.5 cm³/mol. The van der Waals surface area contributed by atoms with Crippen molar-refractivity contribution in [3.8, 4) is 11.4 Å². The van der Waals surface area contributed by atoms with Gasteiger partial charge in [-0.3, -0.25) is 4.98 Å². The predicted octanol–water partition coefficient (Wildman–Crippen LogP) is 4.04. The van der Waals surface area contributed by atoms with Gasteiger partial charge < -0.3 is 5.32 Å². The summed E-state index contributed by atoms with van der Waals surface area (Å²) < 4.78 is 0. The fourth-order valence-electron chi connectivity index (χ4n) is 2.24. The van der Waals surface area contributed by atoms with Crippen molar-refractivity contribution in [2.24, 2.45) is 0 Å². The van der Waals surface area contributed by atoms with Crippen LogP contribution in [0.25, 0.3) is 11.4 Å². The van der Waals surface area contributed by atoms with Crippen LogP contribution >= 0.6 is 11.3 Å². The number of aromatic nitrogens is 4. The van der Waals surface area contributed by atoms with Crippen LogP contribution in [-0.2, 0) is 6.42 Å². The first-order chi connectivity index (χ1) is 11.2. The Morgan fingerprint density at radius 1 is 1.17 bits per heavy atom. The summed E-state index contributed by atoms with van der Waals surface area (Å²) in [5.74, 6) is 1.54. The molecular weight excluding hydrogens is 306 g/mol. The standard InChI is InChI=1S/C17H19N5S/c1-4-14-9-15(20-12(3)17-19-11(2)10-23-17)22-16(21-14)13-5-7-18-8-6-13/h5-10,12H,4H2,1-3H3,(H,20,21,22). The zero-order valence-corrected chi connectivity index (χ0v) is 14.3. The molecule has 0 saturated heterocycles. The minimum Gasteiger partial charge on any atom is -0.361 e. The lowest BCUT2D eigenvalue weighted by molar-refractivity contribution is 0.850. The summed E-state index contributed by atoms with van der Waals surface area (Å²) >= 11 is 1.66. The second kappa shape index (κ2) is 6.83. The molecule has 0 aliphatic carbocycles. The third-order valence-corrected chi connectivity index (χ3v) is 4.60. The molecule has 1 N–H and O–H groups in total. The lowest BCUT2D eigenvalue weighted by Crippen LogP contribution is -2.09. The third-order valence-electron chi connectivity index (χ3n) is 3.45. The molecule has 0 spiro atoms. The van der Waals surface area contributed by atoms with Gasteiger partial charge in [0.05, 0.1) is 6.04 Å². The molecular formula is C17H19N5S. The van der Waals surface area contributed by atoms with Crippen LogP contribution in [0.5, 0.6) is 0 Å². The number of rotatable bonds is 5. The van der Waals surface area contributed by atoms with E-state index in [1.165, 1.54) is 0 Å². The Balaban J connectivity index is 1.90. The summed E-state index contributed by atoms with van der Waals surface area (Å²) in [4.78, 5) is 17.8. The van der Waals surface area contributed by atoms with E-state index in [1.54, 1.807) is 23.7 Å². The number of pyridine rings is 1. The summed E-state index contributed by atoms with van der Waals surface area (Å²) in [5.41, 5.74) is 3.03. The maximum Gasteiger partial charge on any atom is 0.161 e. The van der Waals surface area contributed by atoms with Crippen LogP contribution in [0.4, 0.5) is 5.82 Å². The second-order valence-electron chi connectivity index (χ2n) is 5.35. The molecule has 3 aromatic heterocycles. The van der Waals surface area contributed by atoms with Gasteiger partial charge in [0.15, 0.2) is 5.82 Å². The molecule has 1 unspecified atom stereocenters. The van der Waals surface area contributed by atoms with Crippen molar-refractivity contribution in [3.05, 3.63) is 52.4 Å². The van der Waals surface area contributed by atoms with Crippen LogP contribution in [0.2, 0.25) is 0 Å². The van der Waals surface area contributed by atoms with E-state index in [9.17, 15) is 0 Å². The highest BCUT2D eigenvalue weighted by Gasteiger charge is 2.12. The molecule has 0 amide bonds. The van der Waals surface area contributed by atoms with Gasteiger partial charge in [-0.05, 0) is 32.4 Å². The van der Waals surface area contributed by atoms with Gasteiger partial charge in [-0.2, -0.15) is 0 Å². The molecule has 3 rings (SSSR count). The van der Waals surface area contributed by atoms with E-state index >= 15 is 0 Å². The van der Waals surface area contributed by atoms with Crippen LogP contribution in [0.3, 0.4) is 0 Å². The van der Waals surface area contributed by atoms with Gasteiger partial charge in [0.25, 0.3) is 0 Å². The highest BCUT2D eigenvalue weighted by Crippen LogP contribution is 2.23. The molecule has 0 aliphatic heterocycles. The minimum atomic E-state index is 0.110. The number of thiazole rings is 1. The number of hydrogen-bond acceptors (Lipinski definition) is 6. The SMILES string of the molecule is CCc1cc(NC(C)c2nc(C)cs2)nc(-c2ccncc2)n1. The summed E-state index contributed by atoms with van der Waals surface area (Å²) in [6.07, 6.45) is 4.37. The van der Waals surface area contributed by atoms with Crippen molar-refractivity contribution in [3.63, 3.8) is 0 Å². The maximum absolute atomic E-state index is 4.65. The molecule has 0 saturated carbocycles. The first-order valence-electron chi connectivity index (χ1n) is 7.62. The van der Waals surface area contributed by atoms with Crippen molar-refractivity contribution >= 4 is 17.2 Å². The monoisotopic (exact) mass is 325 g/mol. The molecule has 0 radical (unpaired) electrons. The topological polar surface area (TPSA) is 63.6 Å². The lowest BCUT2D eigenvalue weighted by atomic mass is 10.2. The number of anilines is 1. The maximum atomic E-state index is 4.65. The third kappa shape index (κ3) is 3.71. The highest BCUT2D eigenvalue weighted by molar-refractivity contribution is 7.09. The van der Waals surface area contributed by atoms with E-state index < -0.39 is 0 Å². The number of hydrogen-bond donors (Lipinski definition) is 1. The molecule has 0 aliphatic rings. The van der Waals surface area contributed by atoms with E-state index in [-0.39, 0.29) is 6.04 Å². The zero-order chi connectivity index (χ0) is 16.2. The van der Waals surface area contributed by atoms with Crippen molar-refractivity contribution < 1.29 is 0 Å². The molecule has 5 nitrogen and oxygen atoms in total. The molecule has 0 fully saturated rings. The van der Waals surface area contributed by atoms with Gasteiger partial charge in [0.1, 0.15) is 10.8 Å². The van der Waals surface area contributed by atoms with E-state index in [1.807, 2.05) is 25.1 Å². The Bertz CT molecular complexity index is 785. The summed E-state index contributed by atoms with van der Waals surface area (Å²) in [5, 5.41) is 6.56. The Labute approximate surface area is 139 Å². The molecule has 23 heavy (non-hydrogen) atoms. The van der Waals surface area contributed by atoms with Gasteiger partial charge >= 0.3 is 0 Å². The van der Waals surface area contributed by atoms with E-state index in [0.29, 0.717) is 0 Å². The second-order valence-corrected chi connectivity index (χ2v) is 6.24. The van der Waals surface area contributed by atoms with Gasteiger partial charge in [-0.1, -0.05) is 6.92 Å². The lowest BCUT2D eigenvalue weighted by Gasteiger charge is -2.14. The summed E-state index contributed by atoms with van der Waals surface area (Å²) in [6, 6.07) is 5.96. The Kier molecular flexibility index (Phi) is 4.62. The normalized spacial score (nSPS) is 12.1.